The highest BCUT2D eigenvalue weighted by Gasteiger charge is 2.28. The van der Waals surface area contributed by atoms with Gasteiger partial charge in [-0.15, -0.1) is 0 Å². The Bertz CT molecular complexity index is 510. The maximum atomic E-state index is 13.1. The van der Waals surface area contributed by atoms with Crippen molar-refractivity contribution in [3.8, 4) is 0 Å². The van der Waals surface area contributed by atoms with Gasteiger partial charge in [0, 0.05) is 32.1 Å². The average molecular weight is 320 g/mol. The fourth-order valence-electron chi connectivity index (χ4n) is 3.31. The van der Waals surface area contributed by atoms with E-state index in [-0.39, 0.29) is 17.8 Å². The lowest BCUT2D eigenvalue weighted by atomic mass is 9.77. The Morgan fingerprint density at radius 2 is 1.96 bits per heavy atom. The van der Waals surface area contributed by atoms with Crippen LogP contribution in [0.25, 0.3) is 0 Å². The van der Waals surface area contributed by atoms with Crippen LogP contribution >= 0.6 is 0 Å². The largest absolute Gasteiger partial charge is 0.378 e. The molecule has 1 saturated carbocycles. The summed E-state index contributed by atoms with van der Waals surface area (Å²) in [6.45, 7) is 3.33. The van der Waals surface area contributed by atoms with E-state index in [4.69, 9.17) is 4.74 Å². The minimum Gasteiger partial charge on any atom is -0.378 e. The lowest BCUT2D eigenvalue weighted by molar-refractivity contribution is -0.135. The Balaban J connectivity index is 1.52. The number of nitrogens with zero attached hydrogens (tertiary/aromatic N) is 1. The standard InChI is InChI=1S/C18H25FN2O2/c19-16-6-4-15(5-7-16)18(14-2-1-3-14)20-9-8-17(22)21-10-12-23-13-11-21/h4-7,14,18,20H,1-3,8-13H2/t18-/m0/s1. The predicted molar refractivity (Wildman–Crippen MR) is 86.5 cm³/mol. The van der Waals surface area contributed by atoms with Gasteiger partial charge in [-0.1, -0.05) is 18.6 Å². The molecule has 1 aromatic carbocycles. The third kappa shape index (κ3) is 4.30. The molecule has 2 aliphatic rings. The Labute approximate surface area is 137 Å². The number of nitrogens with one attached hydrogen (secondary N) is 1. The van der Waals surface area contributed by atoms with Crippen molar-refractivity contribution in [3.05, 3.63) is 35.6 Å². The predicted octanol–water partition coefficient (Wildman–Crippen LogP) is 2.51. The highest BCUT2D eigenvalue weighted by Crippen LogP contribution is 2.37. The van der Waals surface area contributed by atoms with Gasteiger partial charge >= 0.3 is 0 Å². The zero-order valence-corrected chi connectivity index (χ0v) is 13.5. The zero-order valence-electron chi connectivity index (χ0n) is 13.5. The van der Waals surface area contributed by atoms with Crippen molar-refractivity contribution >= 4 is 5.91 Å². The maximum absolute atomic E-state index is 13.1. The van der Waals surface area contributed by atoms with Gasteiger partial charge in [0.1, 0.15) is 5.82 Å². The SMILES string of the molecule is O=C(CCN[C@H](c1ccc(F)cc1)C1CCC1)N1CCOCC1. The zero-order chi connectivity index (χ0) is 16.1. The van der Waals surface area contributed by atoms with E-state index < -0.39 is 0 Å². The number of rotatable bonds is 6. The number of halogens is 1. The van der Waals surface area contributed by atoms with E-state index in [0.717, 1.165) is 5.56 Å². The third-order valence-corrected chi connectivity index (χ3v) is 4.92. The molecule has 1 aliphatic carbocycles. The summed E-state index contributed by atoms with van der Waals surface area (Å²) in [7, 11) is 0. The molecule has 2 fully saturated rings. The normalized spacial score (nSPS) is 20.1. The molecule has 3 rings (SSSR count). The van der Waals surface area contributed by atoms with Crippen LogP contribution in [0.5, 0.6) is 0 Å². The van der Waals surface area contributed by atoms with Gasteiger partial charge in [0.2, 0.25) is 5.91 Å². The van der Waals surface area contributed by atoms with Crippen LogP contribution < -0.4 is 5.32 Å². The molecule has 0 spiro atoms. The first-order chi connectivity index (χ1) is 11.2. The molecule has 1 atom stereocenters. The fraction of sp³-hybridized carbons (Fsp3) is 0.611. The lowest BCUT2D eigenvalue weighted by Gasteiger charge is -2.35. The van der Waals surface area contributed by atoms with Gasteiger partial charge < -0.3 is 15.0 Å². The van der Waals surface area contributed by atoms with Crippen molar-refractivity contribution in [2.45, 2.75) is 31.7 Å². The van der Waals surface area contributed by atoms with Crippen LogP contribution in [-0.4, -0.2) is 43.7 Å². The minimum atomic E-state index is -0.205. The van der Waals surface area contributed by atoms with Gasteiger partial charge in [-0.3, -0.25) is 4.79 Å². The molecule has 0 aromatic heterocycles. The first-order valence-corrected chi connectivity index (χ1v) is 8.58. The summed E-state index contributed by atoms with van der Waals surface area (Å²) in [6.07, 6.45) is 4.17. The van der Waals surface area contributed by atoms with E-state index >= 15 is 0 Å². The summed E-state index contributed by atoms with van der Waals surface area (Å²) in [5.74, 6) is 0.579. The second kappa shape index (κ2) is 7.88. The molecule has 1 N–H and O–H groups in total. The van der Waals surface area contributed by atoms with Crippen LogP contribution in [-0.2, 0) is 9.53 Å². The van der Waals surface area contributed by atoms with E-state index in [1.54, 1.807) is 0 Å². The summed E-state index contributed by atoms with van der Waals surface area (Å²) < 4.78 is 18.4. The van der Waals surface area contributed by atoms with Crippen LogP contribution in [0.15, 0.2) is 24.3 Å². The van der Waals surface area contributed by atoms with Gasteiger partial charge in [-0.2, -0.15) is 0 Å². The Morgan fingerprint density at radius 3 is 2.57 bits per heavy atom. The number of carbonyl (C=O) groups is 1. The summed E-state index contributed by atoms with van der Waals surface area (Å²) in [4.78, 5) is 14.1. The first kappa shape index (κ1) is 16.4. The Morgan fingerprint density at radius 1 is 1.26 bits per heavy atom. The van der Waals surface area contributed by atoms with Gasteiger partial charge in [0.05, 0.1) is 13.2 Å². The highest BCUT2D eigenvalue weighted by atomic mass is 19.1. The Hall–Kier alpha value is -1.46. The van der Waals surface area contributed by atoms with Crippen LogP contribution in [0, 0.1) is 11.7 Å². The second-order valence-corrected chi connectivity index (χ2v) is 6.42. The van der Waals surface area contributed by atoms with E-state index in [0.29, 0.717) is 45.2 Å². The van der Waals surface area contributed by atoms with Crippen molar-refractivity contribution in [1.29, 1.82) is 0 Å². The number of morpholine rings is 1. The molecule has 1 aromatic rings. The molecule has 5 heteroatoms. The quantitative estimate of drug-likeness (QED) is 0.876. The van der Waals surface area contributed by atoms with Gasteiger partial charge in [-0.25, -0.2) is 4.39 Å². The number of hydrogen-bond donors (Lipinski definition) is 1. The summed E-state index contributed by atoms with van der Waals surface area (Å²) in [6, 6.07) is 6.97. The molecule has 1 aliphatic heterocycles. The topological polar surface area (TPSA) is 41.6 Å². The summed E-state index contributed by atoms with van der Waals surface area (Å²) >= 11 is 0. The molecular formula is C18H25FN2O2. The molecular weight excluding hydrogens is 295 g/mol. The number of amides is 1. The van der Waals surface area contributed by atoms with Crippen LogP contribution in [0.1, 0.15) is 37.3 Å². The smallest absolute Gasteiger partial charge is 0.224 e. The van der Waals surface area contributed by atoms with Gasteiger partial charge in [0.15, 0.2) is 0 Å². The number of benzene rings is 1. The number of ether oxygens (including phenoxy) is 1. The van der Waals surface area contributed by atoms with Gasteiger partial charge in [-0.05, 0) is 36.5 Å². The van der Waals surface area contributed by atoms with E-state index in [1.807, 2.05) is 17.0 Å². The van der Waals surface area contributed by atoms with E-state index in [2.05, 4.69) is 5.32 Å². The van der Waals surface area contributed by atoms with Crippen molar-refractivity contribution in [2.24, 2.45) is 5.92 Å². The second-order valence-electron chi connectivity index (χ2n) is 6.42. The molecule has 4 nitrogen and oxygen atoms in total. The number of carbonyl (C=O) groups excluding carboxylic acids is 1. The maximum Gasteiger partial charge on any atom is 0.224 e. The molecule has 0 radical (unpaired) electrons. The van der Waals surface area contributed by atoms with Crippen molar-refractivity contribution < 1.29 is 13.9 Å². The monoisotopic (exact) mass is 320 g/mol. The molecule has 0 unspecified atom stereocenters. The minimum absolute atomic E-state index is 0.187. The highest BCUT2D eigenvalue weighted by molar-refractivity contribution is 5.76. The fourth-order valence-corrected chi connectivity index (χ4v) is 3.31. The van der Waals surface area contributed by atoms with Gasteiger partial charge in [0.25, 0.3) is 0 Å². The number of hydrogen-bond acceptors (Lipinski definition) is 3. The van der Waals surface area contributed by atoms with Crippen molar-refractivity contribution in [1.82, 2.24) is 10.2 Å². The van der Waals surface area contributed by atoms with Crippen molar-refractivity contribution in [3.63, 3.8) is 0 Å². The Kier molecular flexibility index (Phi) is 5.62. The van der Waals surface area contributed by atoms with Crippen molar-refractivity contribution in [2.75, 3.05) is 32.8 Å². The molecule has 1 heterocycles. The van der Waals surface area contributed by atoms with E-state index in [1.165, 1.54) is 31.4 Å². The van der Waals surface area contributed by atoms with E-state index in [9.17, 15) is 9.18 Å². The summed E-state index contributed by atoms with van der Waals surface area (Å²) in [5, 5.41) is 3.53. The molecule has 0 bridgehead atoms. The average Bonchev–Trinajstić information content (AvgIpc) is 2.54. The first-order valence-electron chi connectivity index (χ1n) is 8.58. The third-order valence-electron chi connectivity index (χ3n) is 4.92. The summed E-state index contributed by atoms with van der Waals surface area (Å²) in [5.41, 5.74) is 1.12. The van der Waals surface area contributed by atoms with Crippen LogP contribution in [0.3, 0.4) is 0 Å². The lowest BCUT2D eigenvalue weighted by Crippen LogP contribution is -2.42. The molecule has 1 saturated heterocycles. The molecule has 1 amide bonds. The molecule has 126 valence electrons. The molecule has 23 heavy (non-hydrogen) atoms. The van der Waals surface area contributed by atoms with Crippen LogP contribution in [0.2, 0.25) is 0 Å². The van der Waals surface area contributed by atoms with Crippen LogP contribution in [0.4, 0.5) is 4.39 Å².